The third-order valence-electron chi connectivity index (χ3n) is 5.49. The number of para-hydroxylation sites is 1. The zero-order valence-electron chi connectivity index (χ0n) is 22.8. The van der Waals surface area contributed by atoms with Crippen LogP contribution in [0.3, 0.4) is 0 Å². The summed E-state index contributed by atoms with van der Waals surface area (Å²) in [6, 6.07) is 11.9. The van der Waals surface area contributed by atoms with Crippen molar-refractivity contribution in [2.75, 3.05) is 19.6 Å². The highest BCUT2D eigenvalue weighted by molar-refractivity contribution is 6.33. The summed E-state index contributed by atoms with van der Waals surface area (Å²) >= 11 is 6.56. The number of benzene rings is 2. The van der Waals surface area contributed by atoms with Gasteiger partial charge in [-0.15, -0.1) is 0 Å². The number of rotatable bonds is 5. The fourth-order valence-corrected chi connectivity index (χ4v) is 4.42. The summed E-state index contributed by atoms with van der Waals surface area (Å²) in [6.07, 6.45) is 2.63. The highest BCUT2D eigenvalue weighted by atomic mass is 35.5. The SMILES string of the molecule is CC.CC(C)(C)Oc1ccccc1.CC1(C)Oc2cc3c(c(Cl)c2O1)CCN(CCCC(=O)O)CC3. The van der Waals surface area contributed by atoms with E-state index in [-0.39, 0.29) is 12.0 Å². The van der Waals surface area contributed by atoms with Gasteiger partial charge in [0.15, 0.2) is 11.5 Å². The number of halogens is 1. The third kappa shape index (κ3) is 9.21. The van der Waals surface area contributed by atoms with Crippen LogP contribution in [0.1, 0.15) is 72.4 Å². The van der Waals surface area contributed by atoms with E-state index in [1.54, 1.807) is 0 Å². The molecule has 0 fully saturated rings. The second kappa shape index (κ2) is 13.2. The van der Waals surface area contributed by atoms with E-state index in [0.717, 1.165) is 49.5 Å². The monoisotopic (exact) mass is 519 g/mol. The molecule has 4 rings (SSSR count). The van der Waals surface area contributed by atoms with E-state index in [0.29, 0.717) is 17.2 Å². The van der Waals surface area contributed by atoms with Crippen LogP contribution in [0.2, 0.25) is 5.02 Å². The van der Waals surface area contributed by atoms with E-state index in [1.165, 1.54) is 5.56 Å². The van der Waals surface area contributed by atoms with Crippen molar-refractivity contribution in [3.63, 3.8) is 0 Å². The number of carboxylic acid groups (broad SMARTS) is 1. The minimum atomic E-state index is -0.737. The average Bonchev–Trinajstić information content (AvgIpc) is 2.97. The Hall–Kier alpha value is -2.44. The van der Waals surface area contributed by atoms with Gasteiger partial charge in [-0.2, -0.15) is 0 Å². The smallest absolute Gasteiger partial charge is 0.303 e. The van der Waals surface area contributed by atoms with Crippen molar-refractivity contribution < 1.29 is 24.1 Å². The van der Waals surface area contributed by atoms with Gasteiger partial charge in [0.2, 0.25) is 5.79 Å². The van der Waals surface area contributed by atoms with Crippen molar-refractivity contribution in [1.29, 1.82) is 0 Å². The van der Waals surface area contributed by atoms with Crippen molar-refractivity contribution in [3.8, 4) is 17.2 Å². The minimum absolute atomic E-state index is 0.0959. The molecule has 2 aromatic rings. The standard InChI is InChI=1S/C17H22ClNO4.C10H14O.C2H6/c1-17(2)22-13-10-11-5-8-19(7-3-4-14(20)21)9-6-12(11)15(18)16(13)23-17;1-10(2,3)11-9-7-5-4-6-8-9;1-2/h10H,3-9H2,1-2H3,(H,20,21);4-8H,1-3H3;1-2H3. The number of hydrogen-bond acceptors (Lipinski definition) is 5. The lowest BCUT2D eigenvalue weighted by Gasteiger charge is -2.20. The first-order chi connectivity index (χ1) is 16.9. The lowest BCUT2D eigenvalue weighted by molar-refractivity contribution is -0.137. The molecule has 0 saturated carbocycles. The van der Waals surface area contributed by atoms with Crippen molar-refractivity contribution >= 4 is 17.6 Å². The van der Waals surface area contributed by atoms with Crippen molar-refractivity contribution in [1.82, 2.24) is 4.90 Å². The van der Waals surface area contributed by atoms with Crippen LogP contribution < -0.4 is 14.2 Å². The Balaban J connectivity index is 0.000000295. The summed E-state index contributed by atoms with van der Waals surface area (Å²) in [7, 11) is 0. The molecule has 0 atom stereocenters. The molecule has 0 bridgehead atoms. The predicted octanol–water partition coefficient (Wildman–Crippen LogP) is 7.00. The van der Waals surface area contributed by atoms with Gasteiger partial charge in [-0.05, 0) is 75.9 Å². The van der Waals surface area contributed by atoms with Crippen LogP contribution >= 0.6 is 11.6 Å². The number of carboxylic acids is 1. The Morgan fingerprint density at radius 2 is 1.75 bits per heavy atom. The van der Waals surface area contributed by atoms with Crippen LogP contribution in [0.4, 0.5) is 0 Å². The molecular weight excluding hydrogens is 478 g/mol. The molecule has 0 spiro atoms. The molecule has 0 radical (unpaired) electrons. The Morgan fingerprint density at radius 3 is 2.36 bits per heavy atom. The second-order valence-corrected chi connectivity index (χ2v) is 10.5. The van der Waals surface area contributed by atoms with Crippen LogP contribution in [-0.4, -0.2) is 47.0 Å². The molecule has 1 N–H and O–H groups in total. The van der Waals surface area contributed by atoms with E-state index in [4.69, 9.17) is 30.9 Å². The summed E-state index contributed by atoms with van der Waals surface area (Å²) in [6.45, 7) is 16.5. The van der Waals surface area contributed by atoms with E-state index < -0.39 is 11.8 Å². The maximum atomic E-state index is 10.6. The maximum Gasteiger partial charge on any atom is 0.303 e. The molecule has 0 unspecified atom stereocenters. The zero-order valence-corrected chi connectivity index (χ0v) is 23.6. The summed E-state index contributed by atoms with van der Waals surface area (Å²) in [5.41, 5.74) is 2.24. The maximum absolute atomic E-state index is 10.6. The van der Waals surface area contributed by atoms with Gasteiger partial charge in [0.25, 0.3) is 0 Å². The molecule has 2 aliphatic heterocycles. The summed E-state index contributed by atoms with van der Waals surface area (Å²) in [4.78, 5) is 12.9. The Bertz CT molecular complexity index is 985. The van der Waals surface area contributed by atoms with E-state index in [9.17, 15) is 4.79 Å². The van der Waals surface area contributed by atoms with Crippen molar-refractivity contribution in [3.05, 3.63) is 52.5 Å². The summed E-state index contributed by atoms with van der Waals surface area (Å²) < 4.78 is 17.2. The molecule has 2 aliphatic rings. The van der Waals surface area contributed by atoms with Gasteiger partial charge in [-0.3, -0.25) is 4.79 Å². The van der Waals surface area contributed by atoms with Gasteiger partial charge >= 0.3 is 5.97 Å². The first-order valence-electron chi connectivity index (χ1n) is 12.8. The number of hydrogen-bond donors (Lipinski definition) is 1. The second-order valence-electron chi connectivity index (χ2n) is 10.1. The summed E-state index contributed by atoms with van der Waals surface area (Å²) in [5.74, 6) is 0.891. The fraction of sp³-hybridized carbons (Fsp3) is 0.552. The van der Waals surface area contributed by atoms with Gasteiger partial charge in [0.05, 0.1) is 5.02 Å². The molecule has 0 aromatic heterocycles. The topological polar surface area (TPSA) is 68.2 Å². The van der Waals surface area contributed by atoms with Gasteiger partial charge in [-0.1, -0.05) is 43.6 Å². The molecule has 36 heavy (non-hydrogen) atoms. The minimum Gasteiger partial charge on any atom is -0.488 e. The Kier molecular flexibility index (Phi) is 10.9. The normalized spacial score (nSPS) is 15.9. The highest BCUT2D eigenvalue weighted by Crippen LogP contribution is 2.47. The number of ether oxygens (including phenoxy) is 3. The van der Waals surface area contributed by atoms with Crippen LogP contribution in [0.5, 0.6) is 17.2 Å². The van der Waals surface area contributed by atoms with Crippen LogP contribution in [-0.2, 0) is 17.6 Å². The molecule has 6 nitrogen and oxygen atoms in total. The van der Waals surface area contributed by atoms with Crippen molar-refractivity contribution in [2.45, 2.75) is 85.5 Å². The van der Waals surface area contributed by atoms with Gasteiger partial charge in [0.1, 0.15) is 11.4 Å². The lowest BCUT2D eigenvalue weighted by Crippen LogP contribution is -2.29. The lowest BCUT2D eigenvalue weighted by atomic mass is 10.0. The van der Waals surface area contributed by atoms with Gasteiger partial charge in [0, 0.05) is 33.4 Å². The Morgan fingerprint density at radius 1 is 1.11 bits per heavy atom. The summed E-state index contributed by atoms with van der Waals surface area (Å²) in [5, 5.41) is 9.41. The Labute approximate surface area is 221 Å². The number of aliphatic carboxylic acids is 1. The number of carbonyl (C=O) groups is 1. The average molecular weight is 520 g/mol. The van der Waals surface area contributed by atoms with Crippen LogP contribution in [0.25, 0.3) is 0 Å². The number of fused-ring (bicyclic) bond motifs is 2. The molecule has 0 aliphatic carbocycles. The molecular formula is C29H42ClNO5. The number of nitrogens with zero attached hydrogens (tertiary/aromatic N) is 1. The van der Waals surface area contributed by atoms with E-state index in [1.807, 2.05) is 84.9 Å². The molecule has 0 amide bonds. The van der Waals surface area contributed by atoms with Crippen molar-refractivity contribution in [2.24, 2.45) is 0 Å². The molecule has 200 valence electrons. The molecule has 0 saturated heterocycles. The highest BCUT2D eigenvalue weighted by Gasteiger charge is 2.35. The first kappa shape index (κ1) is 29.8. The van der Waals surface area contributed by atoms with Crippen LogP contribution in [0.15, 0.2) is 36.4 Å². The molecule has 7 heteroatoms. The molecule has 2 aromatic carbocycles. The van der Waals surface area contributed by atoms with Crippen LogP contribution in [0, 0.1) is 0 Å². The van der Waals surface area contributed by atoms with Gasteiger partial charge < -0.3 is 24.2 Å². The predicted molar refractivity (Wildman–Crippen MR) is 146 cm³/mol. The quantitative estimate of drug-likeness (QED) is 0.458. The van der Waals surface area contributed by atoms with Gasteiger partial charge in [-0.25, -0.2) is 0 Å². The fourth-order valence-electron chi connectivity index (χ4n) is 4.07. The first-order valence-corrected chi connectivity index (χ1v) is 13.2. The van der Waals surface area contributed by atoms with E-state index >= 15 is 0 Å². The van der Waals surface area contributed by atoms with E-state index in [2.05, 4.69) is 4.90 Å². The molecule has 2 heterocycles. The zero-order chi connectivity index (χ0) is 26.9. The third-order valence-corrected chi connectivity index (χ3v) is 5.89. The largest absolute Gasteiger partial charge is 0.488 e.